The molecule has 1 rings (SSSR count). The first-order valence-corrected chi connectivity index (χ1v) is 5.77. The maximum atomic E-state index is 6.11. The Balaban J connectivity index is 3.25. The molecule has 1 atom stereocenters. The highest BCUT2D eigenvalue weighted by atomic mass is 35.5. The van der Waals surface area contributed by atoms with Gasteiger partial charge in [-0.25, -0.2) is 0 Å². The fourth-order valence-electron chi connectivity index (χ4n) is 1.27. The van der Waals surface area contributed by atoms with Crippen molar-refractivity contribution in [1.82, 2.24) is 0 Å². The summed E-state index contributed by atoms with van der Waals surface area (Å²) in [6.45, 7) is 6.13. The van der Waals surface area contributed by atoms with Gasteiger partial charge in [0.25, 0.3) is 0 Å². The van der Waals surface area contributed by atoms with Gasteiger partial charge in [0.15, 0.2) is 0 Å². The maximum Gasteiger partial charge on any atom is 0.0641 e. The molecule has 1 aromatic carbocycles. The molecule has 2 N–H and O–H groups in total. The fraction of sp³-hybridized carbons (Fsp3) is 0.455. The molecule has 0 aliphatic heterocycles. The molecule has 15 heavy (non-hydrogen) atoms. The van der Waals surface area contributed by atoms with Crippen LogP contribution in [0.5, 0.6) is 0 Å². The number of nitrogens with two attached hydrogens (primary N) is 1. The van der Waals surface area contributed by atoms with Crippen LogP contribution in [0.2, 0.25) is 15.1 Å². The van der Waals surface area contributed by atoms with Crippen LogP contribution in [0.1, 0.15) is 32.4 Å². The molecule has 0 amide bonds. The van der Waals surface area contributed by atoms with Crippen LogP contribution in [-0.2, 0) is 0 Å². The van der Waals surface area contributed by atoms with Crippen LogP contribution in [0.4, 0.5) is 0 Å². The second-order valence-corrected chi connectivity index (χ2v) is 5.86. The topological polar surface area (TPSA) is 26.0 Å². The van der Waals surface area contributed by atoms with E-state index in [-0.39, 0.29) is 11.5 Å². The van der Waals surface area contributed by atoms with Crippen molar-refractivity contribution < 1.29 is 0 Å². The zero-order valence-electron chi connectivity index (χ0n) is 8.94. The van der Waals surface area contributed by atoms with Gasteiger partial charge in [0.05, 0.1) is 10.0 Å². The van der Waals surface area contributed by atoms with E-state index in [1.165, 1.54) is 0 Å². The van der Waals surface area contributed by atoms with E-state index in [4.69, 9.17) is 40.5 Å². The summed E-state index contributed by atoms with van der Waals surface area (Å²) in [5.74, 6) is 0. The van der Waals surface area contributed by atoms with Gasteiger partial charge in [-0.2, -0.15) is 0 Å². The lowest BCUT2D eigenvalue weighted by atomic mass is 9.83. The Labute approximate surface area is 106 Å². The Hall–Kier alpha value is 0.0500. The first-order valence-electron chi connectivity index (χ1n) is 4.63. The van der Waals surface area contributed by atoms with Gasteiger partial charge in [0, 0.05) is 11.1 Å². The zero-order valence-corrected chi connectivity index (χ0v) is 11.2. The minimum absolute atomic E-state index is 0.0857. The number of hydrogen-bond acceptors (Lipinski definition) is 1. The molecule has 0 aliphatic rings. The highest BCUT2D eigenvalue weighted by Gasteiger charge is 2.25. The van der Waals surface area contributed by atoms with E-state index in [0.29, 0.717) is 15.1 Å². The van der Waals surface area contributed by atoms with Gasteiger partial charge in [-0.1, -0.05) is 55.6 Å². The van der Waals surface area contributed by atoms with Gasteiger partial charge in [0.1, 0.15) is 0 Å². The average molecular weight is 267 g/mol. The van der Waals surface area contributed by atoms with E-state index >= 15 is 0 Å². The smallest absolute Gasteiger partial charge is 0.0641 e. The summed E-state index contributed by atoms with van der Waals surface area (Å²) in [5, 5.41) is 1.49. The number of rotatable bonds is 1. The molecule has 84 valence electrons. The average Bonchev–Trinajstić information content (AvgIpc) is 2.08. The van der Waals surface area contributed by atoms with Gasteiger partial charge < -0.3 is 5.73 Å². The van der Waals surface area contributed by atoms with Crippen LogP contribution in [0.25, 0.3) is 0 Å². The first-order chi connectivity index (χ1) is 6.73. The molecule has 4 heteroatoms. The summed E-state index contributed by atoms with van der Waals surface area (Å²) in [6, 6.07) is 3.19. The van der Waals surface area contributed by atoms with Gasteiger partial charge in [-0.05, 0) is 23.1 Å². The van der Waals surface area contributed by atoms with Crippen molar-refractivity contribution in [2.75, 3.05) is 0 Å². The number of hydrogen-bond donors (Lipinski definition) is 1. The van der Waals surface area contributed by atoms with Gasteiger partial charge >= 0.3 is 0 Å². The molecule has 0 radical (unpaired) electrons. The van der Waals surface area contributed by atoms with E-state index in [0.717, 1.165) is 5.56 Å². The van der Waals surface area contributed by atoms with Crippen molar-refractivity contribution in [3.05, 3.63) is 32.8 Å². The molecule has 0 fully saturated rings. The predicted molar refractivity (Wildman–Crippen MR) is 67.9 cm³/mol. The molecule has 0 heterocycles. The van der Waals surface area contributed by atoms with Crippen LogP contribution in [0, 0.1) is 5.41 Å². The van der Waals surface area contributed by atoms with E-state index in [1.54, 1.807) is 12.1 Å². The van der Waals surface area contributed by atoms with E-state index < -0.39 is 0 Å². The van der Waals surface area contributed by atoms with Crippen molar-refractivity contribution in [3.8, 4) is 0 Å². The molecular formula is C11H14Cl3N. The summed E-state index contributed by atoms with van der Waals surface area (Å²) < 4.78 is 0. The van der Waals surface area contributed by atoms with Crippen LogP contribution >= 0.6 is 34.8 Å². The SMILES string of the molecule is CC(C)(C)[C@H](N)c1cc(Cl)cc(Cl)c1Cl. The highest BCUT2D eigenvalue weighted by molar-refractivity contribution is 6.43. The molecule has 0 saturated heterocycles. The number of halogens is 3. The minimum Gasteiger partial charge on any atom is -0.323 e. The van der Waals surface area contributed by atoms with Crippen LogP contribution in [0.3, 0.4) is 0 Å². The molecular weight excluding hydrogens is 252 g/mol. The molecule has 0 spiro atoms. The second kappa shape index (κ2) is 4.50. The van der Waals surface area contributed by atoms with E-state index in [2.05, 4.69) is 0 Å². The Kier molecular flexibility index (Phi) is 3.94. The van der Waals surface area contributed by atoms with Crippen molar-refractivity contribution in [2.24, 2.45) is 11.1 Å². The Bertz CT molecular complexity index is 369. The zero-order chi connectivity index (χ0) is 11.8. The van der Waals surface area contributed by atoms with Gasteiger partial charge in [-0.3, -0.25) is 0 Å². The summed E-state index contributed by atoms with van der Waals surface area (Å²) in [4.78, 5) is 0. The lowest BCUT2D eigenvalue weighted by Crippen LogP contribution is -2.26. The lowest BCUT2D eigenvalue weighted by molar-refractivity contribution is 0.327. The van der Waals surface area contributed by atoms with Crippen molar-refractivity contribution in [2.45, 2.75) is 26.8 Å². The normalized spacial score (nSPS) is 14.1. The lowest BCUT2D eigenvalue weighted by Gasteiger charge is -2.28. The maximum absolute atomic E-state index is 6.11. The molecule has 1 nitrogen and oxygen atoms in total. The molecule has 0 aliphatic carbocycles. The van der Waals surface area contributed by atoms with E-state index in [1.807, 2.05) is 20.8 Å². The Morgan fingerprint density at radius 3 is 2.13 bits per heavy atom. The third kappa shape index (κ3) is 3.01. The molecule has 0 unspecified atom stereocenters. The summed E-state index contributed by atoms with van der Waals surface area (Å²) in [5.41, 5.74) is 6.82. The second-order valence-electron chi connectivity index (χ2n) is 4.63. The van der Waals surface area contributed by atoms with Crippen molar-refractivity contribution in [3.63, 3.8) is 0 Å². The summed E-state index contributed by atoms with van der Waals surface area (Å²) in [7, 11) is 0. The predicted octanol–water partition coefficient (Wildman–Crippen LogP) is 4.69. The Morgan fingerprint density at radius 1 is 1.13 bits per heavy atom. The highest BCUT2D eigenvalue weighted by Crippen LogP contribution is 2.38. The number of benzene rings is 1. The molecule has 0 aromatic heterocycles. The van der Waals surface area contributed by atoms with Crippen LogP contribution in [0.15, 0.2) is 12.1 Å². The summed E-state index contributed by atoms with van der Waals surface area (Å²) in [6.07, 6.45) is 0. The first kappa shape index (κ1) is 13.1. The van der Waals surface area contributed by atoms with Gasteiger partial charge in [0.2, 0.25) is 0 Å². The molecule has 1 aromatic rings. The van der Waals surface area contributed by atoms with Crippen LogP contribution in [-0.4, -0.2) is 0 Å². The standard InChI is InChI=1S/C11H14Cl3N/c1-11(2,3)10(15)7-4-6(12)5-8(13)9(7)14/h4-5,10H,15H2,1-3H3/t10-/m1/s1. The Morgan fingerprint density at radius 2 is 1.67 bits per heavy atom. The fourth-order valence-corrected chi connectivity index (χ4v) is 2.00. The van der Waals surface area contributed by atoms with Gasteiger partial charge in [-0.15, -0.1) is 0 Å². The summed E-state index contributed by atoms with van der Waals surface area (Å²) >= 11 is 18.0. The van der Waals surface area contributed by atoms with Crippen molar-refractivity contribution >= 4 is 34.8 Å². The quantitative estimate of drug-likeness (QED) is 0.733. The van der Waals surface area contributed by atoms with Crippen molar-refractivity contribution in [1.29, 1.82) is 0 Å². The molecule has 0 bridgehead atoms. The third-order valence-corrected chi connectivity index (χ3v) is 3.32. The minimum atomic E-state index is -0.193. The van der Waals surface area contributed by atoms with Crippen LogP contribution < -0.4 is 5.73 Å². The van der Waals surface area contributed by atoms with E-state index in [9.17, 15) is 0 Å². The third-order valence-electron chi connectivity index (χ3n) is 2.29. The largest absolute Gasteiger partial charge is 0.323 e. The molecule has 0 saturated carbocycles. The monoisotopic (exact) mass is 265 g/mol.